The van der Waals surface area contributed by atoms with E-state index in [1.165, 1.54) is 25.3 Å². The maximum atomic E-state index is 13.8. The maximum absolute atomic E-state index is 13.8. The molecular formula is C48H57N7O8. The average molecular weight is 860 g/mol. The monoisotopic (exact) mass is 859 g/mol. The molecule has 5 amide bonds. The molecule has 3 aromatic carbocycles. The topological polar surface area (TPSA) is 184 Å². The summed E-state index contributed by atoms with van der Waals surface area (Å²) in [6.07, 6.45) is 5.14. The van der Waals surface area contributed by atoms with Crippen molar-refractivity contribution < 1.29 is 38.2 Å². The summed E-state index contributed by atoms with van der Waals surface area (Å²) in [4.78, 5) is 76.6. The fourth-order valence-corrected chi connectivity index (χ4v) is 9.74. The number of aromatic amines is 1. The number of carbonyl (C=O) groups is 5. The Bertz CT molecular complexity index is 2380. The molecule has 3 fully saturated rings. The highest BCUT2D eigenvalue weighted by Gasteiger charge is 2.43. The van der Waals surface area contributed by atoms with Crippen LogP contribution in [-0.2, 0) is 28.6 Å². The molecule has 0 aliphatic carbocycles. The van der Waals surface area contributed by atoms with Gasteiger partial charge in [0.05, 0.1) is 44.4 Å². The van der Waals surface area contributed by atoms with E-state index in [9.17, 15) is 24.0 Å². The number of alkyl carbamates (subject to hydrolysis) is 2. The minimum atomic E-state index is -0.809. The number of nitrogens with one attached hydrogen (secondary N) is 4. The van der Waals surface area contributed by atoms with E-state index in [4.69, 9.17) is 19.2 Å². The first kappa shape index (κ1) is 43.4. The van der Waals surface area contributed by atoms with Gasteiger partial charge < -0.3 is 44.9 Å². The number of H-pyrrole nitrogens is 1. The van der Waals surface area contributed by atoms with Crippen molar-refractivity contribution in [3.05, 3.63) is 83.8 Å². The van der Waals surface area contributed by atoms with Crippen molar-refractivity contribution in [2.24, 2.45) is 11.8 Å². The molecule has 4 aliphatic rings. The lowest BCUT2D eigenvalue weighted by atomic mass is 9.81. The smallest absolute Gasteiger partial charge is 0.407 e. The van der Waals surface area contributed by atoms with E-state index in [2.05, 4.69) is 57.3 Å². The quantitative estimate of drug-likeness (QED) is 0.111. The lowest BCUT2D eigenvalue weighted by molar-refractivity contribution is -0.139. The minimum Gasteiger partial charge on any atom is -0.453 e. The highest BCUT2D eigenvalue weighted by atomic mass is 16.5. The van der Waals surface area contributed by atoms with Crippen LogP contribution in [0.5, 0.6) is 0 Å². The Morgan fingerprint density at radius 1 is 0.714 bits per heavy atom. The SMILES string of the molecule is COC(=O)N[C@H](C(=O)N1CCC[C@H]1C(=O)Nc1cccc(-c2ccc(-c3ccc(-c4cnc([C@@H]5CCCN5C(=O)[C@@H](NC(=O)OC)C(C)C)[nH]4)cc3)c3c2C2CCC3O2)c1)C(C)C. The number of rotatable bonds is 12. The number of aromatic nitrogens is 2. The number of benzene rings is 3. The van der Waals surface area contributed by atoms with Crippen LogP contribution < -0.4 is 16.0 Å². The summed E-state index contributed by atoms with van der Waals surface area (Å²) in [5.74, 6) is -0.316. The number of hydrogen-bond donors (Lipinski definition) is 4. The normalized spacial score (nSPS) is 21.0. The number of carbonyl (C=O) groups excluding carboxylic acids is 5. The van der Waals surface area contributed by atoms with Gasteiger partial charge in [-0.05, 0) is 101 Å². The van der Waals surface area contributed by atoms with Crippen LogP contribution in [0.15, 0.2) is 66.9 Å². The van der Waals surface area contributed by atoms with E-state index in [1.54, 1.807) is 4.90 Å². The Labute approximate surface area is 367 Å². The third kappa shape index (κ3) is 8.62. The molecule has 3 saturated heterocycles. The van der Waals surface area contributed by atoms with Crippen LogP contribution in [0.4, 0.5) is 15.3 Å². The number of fused-ring (bicyclic) bond motifs is 5. The summed E-state index contributed by atoms with van der Waals surface area (Å²) in [5.41, 5.74) is 9.03. The lowest BCUT2D eigenvalue weighted by Gasteiger charge is -2.30. The molecule has 4 aliphatic heterocycles. The zero-order valence-corrected chi connectivity index (χ0v) is 36.7. The molecule has 4 N–H and O–H groups in total. The van der Waals surface area contributed by atoms with Gasteiger partial charge in [0.1, 0.15) is 23.9 Å². The third-order valence-electron chi connectivity index (χ3n) is 13.0. The molecule has 332 valence electrons. The van der Waals surface area contributed by atoms with E-state index < -0.39 is 30.3 Å². The second kappa shape index (κ2) is 18.2. The minimum absolute atomic E-state index is 0.0120. The second-order valence-electron chi connectivity index (χ2n) is 17.6. The second-order valence-corrected chi connectivity index (χ2v) is 17.6. The Morgan fingerprint density at radius 3 is 1.90 bits per heavy atom. The first-order chi connectivity index (χ1) is 30.4. The maximum Gasteiger partial charge on any atom is 0.407 e. The standard InChI is InChI=1S/C48H57N7O8/c1-26(2)41(52-47(59)61-5)45(57)54-22-8-12-35(54)43-49-25-34(51-43)29-16-14-28(15-17-29)32-18-19-33(40-38-21-20-37(63-38)39(32)40)30-10-7-11-31(24-30)50-44(56)36-13-9-23-55(36)46(58)42(27(3)4)53-48(60)62-6/h7,10-11,14-19,24-27,35-38,41-42H,8-9,12-13,20-23H2,1-6H3,(H,49,51)(H,50,56)(H,52,59)(H,53,60)/t35-,36-,37?,38?,41-,42-/m0/s1. The Balaban J connectivity index is 0.990. The first-order valence-electron chi connectivity index (χ1n) is 22.1. The van der Waals surface area contributed by atoms with Crippen LogP contribution in [0.3, 0.4) is 0 Å². The van der Waals surface area contributed by atoms with Gasteiger partial charge in [-0.2, -0.15) is 0 Å². The molecule has 2 unspecified atom stereocenters. The van der Waals surface area contributed by atoms with Gasteiger partial charge in [-0.3, -0.25) is 14.4 Å². The summed E-state index contributed by atoms with van der Waals surface area (Å²) < 4.78 is 16.1. The summed E-state index contributed by atoms with van der Waals surface area (Å²) in [6, 6.07) is 18.1. The van der Waals surface area contributed by atoms with Crippen molar-refractivity contribution in [1.82, 2.24) is 30.4 Å². The summed E-state index contributed by atoms with van der Waals surface area (Å²) in [6.45, 7) is 8.50. The van der Waals surface area contributed by atoms with Crippen LogP contribution in [0.25, 0.3) is 33.5 Å². The van der Waals surface area contributed by atoms with Crippen LogP contribution in [0, 0.1) is 11.8 Å². The molecule has 0 radical (unpaired) electrons. The van der Waals surface area contributed by atoms with Gasteiger partial charge in [0, 0.05) is 18.8 Å². The molecule has 5 heterocycles. The molecule has 15 nitrogen and oxygen atoms in total. The molecule has 2 bridgehead atoms. The highest BCUT2D eigenvalue weighted by molar-refractivity contribution is 5.99. The van der Waals surface area contributed by atoms with Gasteiger partial charge in [0.25, 0.3) is 0 Å². The molecule has 6 atom stereocenters. The Hall–Kier alpha value is -6.22. The van der Waals surface area contributed by atoms with Gasteiger partial charge in [-0.25, -0.2) is 14.6 Å². The predicted octanol–water partition coefficient (Wildman–Crippen LogP) is 7.67. The molecular weight excluding hydrogens is 803 g/mol. The number of imidazole rings is 1. The van der Waals surface area contributed by atoms with Gasteiger partial charge in [0.2, 0.25) is 17.7 Å². The average Bonchev–Trinajstić information content (AvgIpc) is 4.15. The molecule has 0 spiro atoms. The number of anilines is 1. The van der Waals surface area contributed by atoms with Crippen LogP contribution in [-0.4, -0.2) is 95.1 Å². The van der Waals surface area contributed by atoms with E-state index in [0.717, 1.165) is 59.2 Å². The number of hydrogen-bond acceptors (Lipinski definition) is 9. The van der Waals surface area contributed by atoms with E-state index in [1.807, 2.05) is 63.1 Å². The number of amides is 5. The molecule has 8 rings (SSSR count). The van der Waals surface area contributed by atoms with Crippen molar-refractivity contribution in [3.8, 4) is 33.5 Å². The fourth-order valence-electron chi connectivity index (χ4n) is 9.74. The Morgan fingerprint density at radius 2 is 1.29 bits per heavy atom. The van der Waals surface area contributed by atoms with Gasteiger partial charge in [-0.1, -0.05) is 76.2 Å². The molecule has 63 heavy (non-hydrogen) atoms. The summed E-state index contributed by atoms with van der Waals surface area (Å²) in [7, 11) is 2.54. The van der Waals surface area contributed by atoms with Crippen molar-refractivity contribution in [3.63, 3.8) is 0 Å². The predicted molar refractivity (Wildman–Crippen MR) is 236 cm³/mol. The zero-order chi connectivity index (χ0) is 44.5. The van der Waals surface area contributed by atoms with Crippen LogP contribution >= 0.6 is 0 Å². The van der Waals surface area contributed by atoms with E-state index >= 15 is 0 Å². The fraction of sp³-hybridized carbons (Fsp3) is 0.458. The molecule has 1 aromatic heterocycles. The van der Waals surface area contributed by atoms with Crippen molar-refractivity contribution in [1.29, 1.82) is 0 Å². The van der Waals surface area contributed by atoms with Crippen molar-refractivity contribution in [2.75, 3.05) is 32.6 Å². The molecule has 15 heteroatoms. The largest absolute Gasteiger partial charge is 0.453 e. The highest BCUT2D eigenvalue weighted by Crippen LogP contribution is 2.56. The van der Waals surface area contributed by atoms with E-state index in [-0.39, 0.29) is 47.8 Å². The van der Waals surface area contributed by atoms with Crippen LogP contribution in [0.2, 0.25) is 0 Å². The first-order valence-corrected chi connectivity index (χ1v) is 22.1. The number of likely N-dealkylation sites (tertiary alicyclic amines) is 2. The third-order valence-corrected chi connectivity index (χ3v) is 13.0. The zero-order valence-electron chi connectivity index (χ0n) is 36.7. The molecule has 0 saturated carbocycles. The van der Waals surface area contributed by atoms with Gasteiger partial charge >= 0.3 is 12.2 Å². The van der Waals surface area contributed by atoms with Gasteiger partial charge in [-0.15, -0.1) is 0 Å². The van der Waals surface area contributed by atoms with Crippen molar-refractivity contribution in [2.45, 2.75) is 103 Å². The van der Waals surface area contributed by atoms with Crippen molar-refractivity contribution >= 4 is 35.6 Å². The number of nitrogens with zero attached hydrogens (tertiary/aromatic N) is 3. The van der Waals surface area contributed by atoms with Crippen LogP contribution in [0.1, 0.15) is 101 Å². The molecule has 4 aromatic rings. The lowest BCUT2D eigenvalue weighted by Crippen LogP contribution is -2.54. The number of methoxy groups -OCH3 is 2. The Kier molecular flexibility index (Phi) is 12.6. The summed E-state index contributed by atoms with van der Waals surface area (Å²) in [5, 5.41) is 8.42. The number of ether oxygens (including phenoxy) is 3. The summed E-state index contributed by atoms with van der Waals surface area (Å²) >= 11 is 0. The van der Waals surface area contributed by atoms with E-state index in [0.29, 0.717) is 37.4 Å². The van der Waals surface area contributed by atoms with Gasteiger partial charge in [0.15, 0.2) is 0 Å².